The fourth-order valence-electron chi connectivity index (χ4n) is 2.44. The first-order valence-electron chi connectivity index (χ1n) is 8.71. The Balaban J connectivity index is 1.85. The first-order chi connectivity index (χ1) is 13.9. The molecular weight excluding hydrogens is 384 g/mol. The molecule has 0 bridgehead atoms. The van der Waals surface area contributed by atoms with Crippen LogP contribution in [-0.2, 0) is 14.3 Å². The Morgan fingerprint density at radius 2 is 1.83 bits per heavy atom. The summed E-state index contributed by atoms with van der Waals surface area (Å²) in [5.74, 6) is -1.18. The molecule has 0 aliphatic heterocycles. The van der Waals surface area contributed by atoms with Gasteiger partial charge in [-0.1, -0.05) is 36.4 Å². The van der Waals surface area contributed by atoms with Crippen LogP contribution in [0.15, 0.2) is 54.6 Å². The maximum atomic E-state index is 12.3. The Hall–Kier alpha value is -3.42. The third-order valence-corrected chi connectivity index (χ3v) is 3.84. The number of carbonyl (C=O) groups is 2. The van der Waals surface area contributed by atoms with Crippen LogP contribution in [0.3, 0.4) is 0 Å². The van der Waals surface area contributed by atoms with Crippen molar-refractivity contribution in [2.75, 3.05) is 13.7 Å². The summed E-state index contributed by atoms with van der Waals surface area (Å²) in [4.78, 5) is 23.7. The van der Waals surface area contributed by atoms with Crippen molar-refractivity contribution in [3.8, 4) is 11.5 Å². The summed E-state index contributed by atoms with van der Waals surface area (Å²) in [7, 11) is 1.31. The molecular formula is C21H21F2NO5. The third-order valence-electron chi connectivity index (χ3n) is 3.84. The number of nitrogens with one attached hydrogen (secondary N) is 1. The van der Waals surface area contributed by atoms with Gasteiger partial charge < -0.3 is 19.5 Å². The second-order valence-corrected chi connectivity index (χ2v) is 5.93. The van der Waals surface area contributed by atoms with Gasteiger partial charge in [-0.3, -0.25) is 4.79 Å². The molecule has 2 rings (SSSR count). The minimum Gasteiger partial charge on any atom is -0.493 e. The molecule has 0 heterocycles. The lowest BCUT2D eigenvalue weighted by Crippen LogP contribution is -2.30. The standard InChI is InChI=1S/C21H21F2NO5/c1-14(16-6-4-3-5-7-16)24-19(25)13-28-20(26)11-9-15-8-10-17(29-21(22)23)18(12-15)27-2/h3-12,14,21H,13H2,1-2H3,(H,24,25)/b11-9+/t14-/m0/s1. The Bertz CT molecular complexity index is 855. The van der Waals surface area contributed by atoms with Gasteiger partial charge in [-0.25, -0.2) is 4.79 Å². The lowest BCUT2D eigenvalue weighted by molar-refractivity contribution is -0.144. The van der Waals surface area contributed by atoms with Crippen molar-refractivity contribution in [3.63, 3.8) is 0 Å². The number of methoxy groups -OCH3 is 1. The lowest BCUT2D eigenvalue weighted by Gasteiger charge is -2.14. The van der Waals surface area contributed by atoms with E-state index in [1.54, 1.807) is 0 Å². The molecule has 2 aromatic carbocycles. The predicted octanol–water partition coefficient (Wildman–Crippen LogP) is 3.73. The van der Waals surface area contributed by atoms with Gasteiger partial charge in [0.2, 0.25) is 0 Å². The zero-order valence-electron chi connectivity index (χ0n) is 15.9. The van der Waals surface area contributed by atoms with Gasteiger partial charge in [-0.2, -0.15) is 8.78 Å². The van der Waals surface area contributed by atoms with E-state index in [1.807, 2.05) is 37.3 Å². The van der Waals surface area contributed by atoms with E-state index < -0.39 is 25.1 Å². The Kier molecular flexibility index (Phi) is 8.14. The van der Waals surface area contributed by atoms with Crippen LogP contribution in [0, 0.1) is 0 Å². The molecule has 154 valence electrons. The summed E-state index contributed by atoms with van der Waals surface area (Å²) in [6, 6.07) is 13.3. The lowest BCUT2D eigenvalue weighted by atomic mass is 10.1. The van der Waals surface area contributed by atoms with E-state index in [9.17, 15) is 18.4 Å². The first kappa shape index (κ1) is 21.9. The van der Waals surface area contributed by atoms with Crippen molar-refractivity contribution < 1.29 is 32.6 Å². The van der Waals surface area contributed by atoms with Gasteiger partial charge in [0.25, 0.3) is 5.91 Å². The molecule has 1 N–H and O–H groups in total. The monoisotopic (exact) mass is 405 g/mol. The third kappa shape index (κ3) is 7.25. The summed E-state index contributed by atoms with van der Waals surface area (Å²) in [5.41, 5.74) is 1.43. The van der Waals surface area contributed by atoms with Gasteiger partial charge in [-0.05, 0) is 36.3 Å². The van der Waals surface area contributed by atoms with Crippen LogP contribution in [0.2, 0.25) is 0 Å². The fourth-order valence-corrected chi connectivity index (χ4v) is 2.44. The molecule has 0 fully saturated rings. The molecule has 0 aromatic heterocycles. The molecule has 6 nitrogen and oxygen atoms in total. The summed E-state index contributed by atoms with van der Waals surface area (Å²) >= 11 is 0. The van der Waals surface area contributed by atoms with Crippen LogP contribution in [0.4, 0.5) is 8.78 Å². The van der Waals surface area contributed by atoms with Crippen molar-refractivity contribution >= 4 is 18.0 Å². The summed E-state index contributed by atoms with van der Waals surface area (Å²) in [6.45, 7) is -1.58. The van der Waals surface area contributed by atoms with E-state index in [0.29, 0.717) is 5.56 Å². The highest BCUT2D eigenvalue weighted by molar-refractivity contribution is 5.89. The van der Waals surface area contributed by atoms with E-state index in [1.165, 1.54) is 31.4 Å². The number of ether oxygens (including phenoxy) is 3. The maximum Gasteiger partial charge on any atom is 0.387 e. The summed E-state index contributed by atoms with van der Waals surface area (Å²) in [6.07, 6.45) is 2.53. The van der Waals surface area contributed by atoms with Crippen LogP contribution in [0.1, 0.15) is 24.1 Å². The van der Waals surface area contributed by atoms with Crippen LogP contribution in [-0.4, -0.2) is 32.2 Å². The number of carbonyl (C=O) groups excluding carboxylic acids is 2. The number of hydrogen-bond acceptors (Lipinski definition) is 5. The van der Waals surface area contributed by atoms with Crippen LogP contribution in [0.25, 0.3) is 6.08 Å². The van der Waals surface area contributed by atoms with Gasteiger partial charge in [0.15, 0.2) is 18.1 Å². The number of alkyl halides is 2. The zero-order chi connectivity index (χ0) is 21.2. The Labute approximate surface area is 167 Å². The van der Waals surface area contributed by atoms with E-state index in [0.717, 1.165) is 11.6 Å². The van der Waals surface area contributed by atoms with Crippen LogP contribution >= 0.6 is 0 Å². The van der Waals surface area contributed by atoms with Crippen molar-refractivity contribution in [2.45, 2.75) is 19.6 Å². The first-order valence-corrected chi connectivity index (χ1v) is 8.71. The highest BCUT2D eigenvalue weighted by atomic mass is 19.3. The van der Waals surface area contributed by atoms with E-state index >= 15 is 0 Å². The smallest absolute Gasteiger partial charge is 0.387 e. The second-order valence-electron chi connectivity index (χ2n) is 5.93. The topological polar surface area (TPSA) is 73.9 Å². The number of hydrogen-bond donors (Lipinski definition) is 1. The molecule has 8 heteroatoms. The number of halogens is 2. The Morgan fingerprint density at radius 1 is 1.10 bits per heavy atom. The number of benzene rings is 2. The quantitative estimate of drug-likeness (QED) is 0.508. The van der Waals surface area contributed by atoms with Gasteiger partial charge in [0.1, 0.15) is 0 Å². The van der Waals surface area contributed by atoms with Crippen LogP contribution in [0.5, 0.6) is 11.5 Å². The number of esters is 1. The van der Waals surface area contributed by atoms with Gasteiger partial charge in [-0.15, -0.1) is 0 Å². The van der Waals surface area contributed by atoms with E-state index in [2.05, 4.69) is 10.1 Å². The van der Waals surface area contributed by atoms with Gasteiger partial charge in [0.05, 0.1) is 13.2 Å². The SMILES string of the molecule is COc1cc(/C=C/C(=O)OCC(=O)N[C@@H](C)c2ccccc2)ccc1OC(F)F. The van der Waals surface area contributed by atoms with E-state index in [4.69, 9.17) is 9.47 Å². The van der Waals surface area contributed by atoms with Crippen molar-refractivity contribution in [2.24, 2.45) is 0 Å². The molecule has 0 saturated heterocycles. The second kappa shape index (κ2) is 10.8. The largest absolute Gasteiger partial charge is 0.493 e. The van der Waals surface area contributed by atoms with Crippen LogP contribution < -0.4 is 14.8 Å². The summed E-state index contributed by atoms with van der Waals surface area (Å²) in [5, 5.41) is 2.73. The number of amides is 1. The van der Waals surface area contributed by atoms with Gasteiger partial charge in [0, 0.05) is 6.08 Å². The van der Waals surface area contributed by atoms with Gasteiger partial charge >= 0.3 is 12.6 Å². The zero-order valence-corrected chi connectivity index (χ0v) is 15.9. The molecule has 1 atom stereocenters. The maximum absolute atomic E-state index is 12.3. The molecule has 0 unspecified atom stereocenters. The highest BCUT2D eigenvalue weighted by Gasteiger charge is 2.12. The summed E-state index contributed by atoms with van der Waals surface area (Å²) < 4.78 is 38.9. The van der Waals surface area contributed by atoms with E-state index in [-0.39, 0.29) is 17.5 Å². The minimum atomic E-state index is -2.98. The fraction of sp³-hybridized carbons (Fsp3) is 0.238. The predicted molar refractivity (Wildman–Crippen MR) is 103 cm³/mol. The average Bonchev–Trinajstić information content (AvgIpc) is 2.71. The normalized spacial score (nSPS) is 11.9. The molecule has 29 heavy (non-hydrogen) atoms. The molecule has 0 radical (unpaired) electrons. The Morgan fingerprint density at radius 3 is 2.48 bits per heavy atom. The molecule has 0 aliphatic carbocycles. The minimum absolute atomic E-state index is 0.0927. The van der Waals surface area contributed by atoms with Crippen molar-refractivity contribution in [1.29, 1.82) is 0 Å². The number of rotatable bonds is 9. The van der Waals surface area contributed by atoms with Crippen molar-refractivity contribution in [1.82, 2.24) is 5.32 Å². The molecule has 1 amide bonds. The average molecular weight is 405 g/mol. The molecule has 0 spiro atoms. The molecule has 0 saturated carbocycles. The van der Waals surface area contributed by atoms with Crippen molar-refractivity contribution in [3.05, 3.63) is 65.7 Å². The molecule has 2 aromatic rings. The highest BCUT2D eigenvalue weighted by Crippen LogP contribution is 2.29. The molecule has 0 aliphatic rings.